The van der Waals surface area contributed by atoms with Crippen LogP contribution in [0.2, 0.25) is 0 Å². The van der Waals surface area contributed by atoms with Crippen molar-refractivity contribution in [1.82, 2.24) is 4.98 Å². The van der Waals surface area contributed by atoms with Gasteiger partial charge in [-0.1, -0.05) is 0 Å². The van der Waals surface area contributed by atoms with Crippen LogP contribution in [-0.2, 0) is 14.3 Å². The zero-order valence-corrected chi connectivity index (χ0v) is 13.9. The van der Waals surface area contributed by atoms with Crippen molar-refractivity contribution in [2.45, 2.75) is 19.1 Å². The van der Waals surface area contributed by atoms with Gasteiger partial charge in [0.05, 0.1) is 19.9 Å². The highest BCUT2D eigenvalue weighted by atomic mass is 16.5. The topological polar surface area (TPSA) is 78.0 Å². The lowest BCUT2D eigenvalue weighted by Crippen LogP contribution is -2.70. The van der Waals surface area contributed by atoms with E-state index in [-0.39, 0.29) is 12.5 Å². The van der Waals surface area contributed by atoms with Gasteiger partial charge in [-0.05, 0) is 43.3 Å². The minimum Gasteiger partial charge on any atom is -0.497 e. The lowest BCUT2D eigenvalue weighted by molar-refractivity contribution is -0.156. The first-order valence-electron chi connectivity index (χ1n) is 7.86. The number of hydrogen-bond donors (Lipinski definition) is 0. The average Bonchev–Trinajstić information content (AvgIpc) is 2.65. The fourth-order valence-electron chi connectivity index (χ4n) is 2.63. The van der Waals surface area contributed by atoms with E-state index in [9.17, 15) is 9.59 Å². The third kappa shape index (κ3) is 3.26. The summed E-state index contributed by atoms with van der Waals surface area (Å²) in [6.45, 7) is 1.94. The van der Waals surface area contributed by atoms with Crippen LogP contribution in [0.4, 0.5) is 5.69 Å². The van der Waals surface area contributed by atoms with E-state index in [1.807, 2.05) is 0 Å². The lowest BCUT2D eigenvalue weighted by atomic mass is 9.96. The summed E-state index contributed by atoms with van der Waals surface area (Å²) in [7, 11) is 1.56. The Labute approximate surface area is 145 Å². The van der Waals surface area contributed by atoms with Crippen LogP contribution in [-0.4, -0.2) is 42.7 Å². The van der Waals surface area contributed by atoms with Crippen LogP contribution in [0.5, 0.6) is 11.5 Å². The first-order valence-corrected chi connectivity index (χ1v) is 7.86. The normalized spacial score (nSPS) is 19.1. The van der Waals surface area contributed by atoms with Crippen LogP contribution >= 0.6 is 0 Å². The van der Waals surface area contributed by atoms with E-state index >= 15 is 0 Å². The predicted molar refractivity (Wildman–Crippen MR) is 89.6 cm³/mol. The Morgan fingerprint density at radius 1 is 1.20 bits per heavy atom. The second-order valence-electron chi connectivity index (χ2n) is 5.33. The molecule has 2 aromatic rings. The van der Waals surface area contributed by atoms with E-state index in [4.69, 9.17) is 14.2 Å². The van der Waals surface area contributed by atoms with Gasteiger partial charge in [-0.3, -0.25) is 14.7 Å². The number of benzene rings is 1. The van der Waals surface area contributed by atoms with E-state index in [1.54, 1.807) is 56.6 Å². The molecule has 2 atom stereocenters. The molecule has 0 aliphatic carbocycles. The molecule has 2 unspecified atom stereocenters. The summed E-state index contributed by atoms with van der Waals surface area (Å²) in [4.78, 5) is 30.2. The molecule has 0 bridgehead atoms. The highest BCUT2D eigenvalue weighted by molar-refractivity contribution is 6.12. The number of hydrogen-bond acceptors (Lipinski definition) is 6. The summed E-state index contributed by atoms with van der Waals surface area (Å²) in [5, 5.41) is 0. The Morgan fingerprint density at radius 3 is 2.56 bits per heavy atom. The molecule has 1 saturated heterocycles. The van der Waals surface area contributed by atoms with Gasteiger partial charge >= 0.3 is 5.97 Å². The molecule has 1 aromatic carbocycles. The molecule has 25 heavy (non-hydrogen) atoms. The van der Waals surface area contributed by atoms with Gasteiger partial charge in [0, 0.05) is 11.9 Å². The highest BCUT2D eigenvalue weighted by Gasteiger charge is 2.55. The SMILES string of the molecule is CCOC(=O)C1C(Oc2cccnc2)C(=O)N1c1ccc(OC)cc1. The van der Waals surface area contributed by atoms with Gasteiger partial charge in [-0.15, -0.1) is 0 Å². The van der Waals surface area contributed by atoms with Crippen molar-refractivity contribution >= 4 is 17.6 Å². The molecule has 2 heterocycles. The number of methoxy groups -OCH3 is 1. The zero-order chi connectivity index (χ0) is 17.8. The molecule has 0 radical (unpaired) electrons. The van der Waals surface area contributed by atoms with E-state index in [0.29, 0.717) is 17.2 Å². The monoisotopic (exact) mass is 342 g/mol. The molecule has 7 heteroatoms. The summed E-state index contributed by atoms with van der Waals surface area (Å²) in [5.41, 5.74) is 0.579. The van der Waals surface area contributed by atoms with Crippen LogP contribution in [0, 0.1) is 0 Å². The van der Waals surface area contributed by atoms with Gasteiger partial charge in [0.25, 0.3) is 5.91 Å². The van der Waals surface area contributed by atoms with Crippen LogP contribution in [0.3, 0.4) is 0 Å². The number of esters is 1. The summed E-state index contributed by atoms with van der Waals surface area (Å²) in [6, 6.07) is 9.39. The molecule has 0 saturated carbocycles. The number of nitrogens with zero attached hydrogens (tertiary/aromatic N) is 2. The Hall–Kier alpha value is -3.09. The van der Waals surface area contributed by atoms with Gasteiger partial charge < -0.3 is 14.2 Å². The quantitative estimate of drug-likeness (QED) is 0.589. The van der Waals surface area contributed by atoms with Crippen molar-refractivity contribution in [3.05, 3.63) is 48.8 Å². The second-order valence-corrected chi connectivity index (χ2v) is 5.33. The molecular weight excluding hydrogens is 324 g/mol. The molecule has 130 valence electrons. The van der Waals surface area contributed by atoms with E-state index in [1.165, 1.54) is 11.1 Å². The lowest BCUT2D eigenvalue weighted by Gasteiger charge is -2.44. The standard InChI is InChI=1S/C18H18N2O5/c1-3-24-18(22)15-16(25-14-5-4-10-19-11-14)17(21)20(15)12-6-8-13(23-2)9-7-12/h4-11,15-16H,3H2,1-2H3. The minimum atomic E-state index is -0.939. The van der Waals surface area contributed by atoms with Crippen LogP contribution in [0.1, 0.15) is 6.92 Å². The number of ether oxygens (including phenoxy) is 3. The molecule has 1 fully saturated rings. The van der Waals surface area contributed by atoms with Crippen LogP contribution in [0.15, 0.2) is 48.8 Å². The van der Waals surface area contributed by atoms with Crippen molar-refractivity contribution in [1.29, 1.82) is 0 Å². The largest absolute Gasteiger partial charge is 0.497 e. The molecule has 1 amide bonds. The van der Waals surface area contributed by atoms with Crippen LogP contribution < -0.4 is 14.4 Å². The predicted octanol–water partition coefficient (Wildman–Crippen LogP) is 1.82. The highest BCUT2D eigenvalue weighted by Crippen LogP contribution is 2.32. The molecule has 3 rings (SSSR count). The minimum absolute atomic E-state index is 0.222. The summed E-state index contributed by atoms with van der Waals surface area (Å²) in [6.07, 6.45) is 2.15. The maximum Gasteiger partial charge on any atom is 0.333 e. The van der Waals surface area contributed by atoms with E-state index in [0.717, 1.165) is 0 Å². The van der Waals surface area contributed by atoms with Crippen molar-refractivity contribution in [2.75, 3.05) is 18.6 Å². The molecule has 7 nitrogen and oxygen atoms in total. The number of β-lactam (4-membered cyclic amide) rings is 1. The third-order valence-electron chi connectivity index (χ3n) is 3.82. The number of aromatic nitrogens is 1. The van der Waals surface area contributed by atoms with Gasteiger partial charge in [-0.2, -0.15) is 0 Å². The van der Waals surface area contributed by atoms with E-state index < -0.39 is 18.1 Å². The fraction of sp³-hybridized carbons (Fsp3) is 0.278. The maximum absolute atomic E-state index is 12.6. The number of anilines is 1. The Bertz CT molecular complexity index is 748. The third-order valence-corrected chi connectivity index (χ3v) is 3.82. The van der Waals surface area contributed by atoms with Crippen molar-refractivity contribution in [2.24, 2.45) is 0 Å². The number of amides is 1. The molecule has 1 aliphatic heterocycles. The number of pyridine rings is 1. The molecule has 1 aromatic heterocycles. The van der Waals surface area contributed by atoms with Crippen molar-refractivity contribution in [3.63, 3.8) is 0 Å². The van der Waals surface area contributed by atoms with Gasteiger partial charge in [-0.25, -0.2) is 4.79 Å². The number of carbonyl (C=O) groups is 2. The second kappa shape index (κ2) is 7.21. The molecule has 1 aliphatic rings. The fourth-order valence-corrected chi connectivity index (χ4v) is 2.63. The maximum atomic E-state index is 12.6. The van der Waals surface area contributed by atoms with Gasteiger partial charge in [0.1, 0.15) is 11.5 Å². The summed E-state index contributed by atoms with van der Waals surface area (Å²) < 4.78 is 15.9. The number of rotatable bonds is 6. The van der Waals surface area contributed by atoms with E-state index in [2.05, 4.69) is 4.98 Å². The van der Waals surface area contributed by atoms with Crippen molar-refractivity contribution in [3.8, 4) is 11.5 Å². The smallest absolute Gasteiger partial charge is 0.333 e. The Kier molecular flexibility index (Phi) is 4.83. The molecule has 0 N–H and O–H groups in total. The molecular formula is C18H18N2O5. The average molecular weight is 342 g/mol. The zero-order valence-electron chi connectivity index (χ0n) is 13.9. The van der Waals surface area contributed by atoms with Gasteiger partial charge in [0.2, 0.25) is 6.10 Å². The first kappa shape index (κ1) is 16.8. The van der Waals surface area contributed by atoms with Crippen LogP contribution in [0.25, 0.3) is 0 Å². The summed E-state index contributed by atoms with van der Waals surface area (Å²) >= 11 is 0. The summed E-state index contributed by atoms with van der Waals surface area (Å²) in [5.74, 6) is 0.260. The van der Waals surface area contributed by atoms with Crippen molar-refractivity contribution < 1.29 is 23.8 Å². The Morgan fingerprint density at radius 2 is 1.96 bits per heavy atom. The first-order chi connectivity index (χ1) is 12.2. The molecule has 0 spiro atoms. The van der Waals surface area contributed by atoms with Gasteiger partial charge in [0.15, 0.2) is 6.04 Å². The number of carbonyl (C=O) groups excluding carboxylic acids is 2. The Balaban J connectivity index is 1.84.